The molecule has 20 heavy (non-hydrogen) atoms. The monoisotopic (exact) mass is 282 g/mol. The van der Waals surface area contributed by atoms with Crippen molar-refractivity contribution in [2.24, 2.45) is 4.99 Å². The average molecular weight is 283 g/mol. The molecule has 3 heteroatoms. The summed E-state index contributed by atoms with van der Waals surface area (Å²) in [5.41, 5.74) is 4.89. The standard InChI is InChI=1S/C17H15ClN2/c1-2-12-10-20-16-8-7-11(18)9-15(16)13-5-3-4-6-14(13)17(20)19-12/h3-9,12H,2,10H2,1H3/t12-/m1/s1. The van der Waals surface area contributed by atoms with Crippen LogP contribution in [0.3, 0.4) is 0 Å². The first-order chi connectivity index (χ1) is 9.78. The van der Waals surface area contributed by atoms with E-state index in [9.17, 15) is 0 Å². The summed E-state index contributed by atoms with van der Waals surface area (Å²) in [6.45, 7) is 3.16. The number of fused-ring (bicyclic) bond motifs is 6. The van der Waals surface area contributed by atoms with E-state index in [1.165, 1.54) is 22.4 Å². The van der Waals surface area contributed by atoms with Gasteiger partial charge in [-0.3, -0.25) is 4.99 Å². The van der Waals surface area contributed by atoms with Crippen molar-refractivity contribution in [3.05, 3.63) is 53.1 Å². The predicted octanol–water partition coefficient (Wildman–Crippen LogP) is 4.37. The van der Waals surface area contributed by atoms with Crippen molar-refractivity contribution in [1.29, 1.82) is 0 Å². The minimum atomic E-state index is 0.389. The van der Waals surface area contributed by atoms with Gasteiger partial charge in [-0.2, -0.15) is 0 Å². The number of nitrogens with zero attached hydrogens (tertiary/aromatic N) is 2. The third-order valence-corrected chi connectivity index (χ3v) is 4.37. The lowest BCUT2D eigenvalue weighted by molar-refractivity contribution is 0.693. The lowest BCUT2D eigenvalue weighted by atomic mass is 9.93. The van der Waals surface area contributed by atoms with Crippen LogP contribution in [-0.4, -0.2) is 18.4 Å². The predicted molar refractivity (Wildman–Crippen MR) is 84.9 cm³/mol. The Morgan fingerprint density at radius 2 is 1.95 bits per heavy atom. The van der Waals surface area contributed by atoms with Gasteiger partial charge in [0.15, 0.2) is 0 Å². The largest absolute Gasteiger partial charge is 0.323 e. The number of rotatable bonds is 1. The summed E-state index contributed by atoms with van der Waals surface area (Å²) in [4.78, 5) is 7.24. The highest BCUT2D eigenvalue weighted by Crippen LogP contribution is 2.42. The van der Waals surface area contributed by atoms with E-state index in [4.69, 9.17) is 16.6 Å². The Kier molecular flexibility index (Phi) is 2.61. The lowest BCUT2D eigenvalue weighted by Gasteiger charge is -2.30. The van der Waals surface area contributed by atoms with Gasteiger partial charge < -0.3 is 4.90 Å². The summed E-state index contributed by atoms with van der Waals surface area (Å²) in [6, 6.07) is 15.0. The molecule has 2 aliphatic heterocycles. The maximum absolute atomic E-state index is 6.19. The molecule has 0 N–H and O–H groups in total. The van der Waals surface area contributed by atoms with E-state index in [1.54, 1.807) is 0 Å². The van der Waals surface area contributed by atoms with E-state index in [1.807, 2.05) is 6.07 Å². The lowest BCUT2D eigenvalue weighted by Crippen LogP contribution is -2.32. The van der Waals surface area contributed by atoms with Crippen molar-refractivity contribution in [3.8, 4) is 11.1 Å². The fourth-order valence-electron chi connectivity index (χ4n) is 3.10. The van der Waals surface area contributed by atoms with Gasteiger partial charge in [-0.05, 0) is 30.2 Å². The molecule has 0 unspecified atom stereocenters. The molecule has 2 aromatic carbocycles. The van der Waals surface area contributed by atoms with Crippen LogP contribution in [0.2, 0.25) is 5.02 Å². The number of halogens is 1. The first-order valence-electron chi connectivity index (χ1n) is 7.02. The molecule has 1 atom stereocenters. The highest BCUT2D eigenvalue weighted by Gasteiger charge is 2.33. The molecule has 2 nitrogen and oxygen atoms in total. The second-order valence-electron chi connectivity index (χ2n) is 5.33. The Morgan fingerprint density at radius 3 is 2.75 bits per heavy atom. The summed E-state index contributed by atoms with van der Waals surface area (Å²) in [5.74, 6) is 1.11. The van der Waals surface area contributed by atoms with E-state index in [0.29, 0.717) is 6.04 Å². The first kappa shape index (κ1) is 12.0. The number of aliphatic imine (C=N–C) groups is 1. The van der Waals surface area contributed by atoms with Gasteiger partial charge in [0.25, 0.3) is 0 Å². The molecule has 0 fully saturated rings. The average Bonchev–Trinajstić information content (AvgIpc) is 2.92. The second-order valence-corrected chi connectivity index (χ2v) is 5.77. The Bertz CT molecular complexity index is 721. The Morgan fingerprint density at radius 1 is 1.15 bits per heavy atom. The molecular weight excluding hydrogens is 268 g/mol. The molecule has 0 spiro atoms. The normalized spacial score (nSPS) is 19.2. The smallest absolute Gasteiger partial charge is 0.136 e. The Balaban J connectivity index is 2.00. The summed E-state index contributed by atoms with van der Waals surface area (Å²) in [7, 11) is 0. The van der Waals surface area contributed by atoms with Crippen LogP contribution in [0.15, 0.2) is 47.5 Å². The molecular formula is C17H15ClN2. The molecule has 0 aromatic heterocycles. The quantitative estimate of drug-likeness (QED) is 0.758. The van der Waals surface area contributed by atoms with E-state index >= 15 is 0 Å². The van der Waals surface area contributed by atoms with Crippen molar-refractivity contribution in [1.82, 2.24) is 0 Å². The van der Waals surface area contributed by atoms with Crippen LogP contribution in [-0.2, 0) is 0 Å². The third-order valence-electron chi connectivity index (χ3n) is 4.13. The van der Waals surface area contributed by atoms with Gasteiger partial charge in [0.1, 0.15) is 5.84 Å². The van der Waals surface area contributed by atoms with Gasteiger partial charge >= 0.3 is 0 Å². The molecule has 2 heterocycles. The molecule has 0 saturated carbocycles. The molecule has 0 amide bonds. The minimum Gasteiger partial charge on any atom is -0.323 e. The molecule has 2 aliphatic rings. The summed E-state index contributed by atoms with van der Waals surface area (Å²) < 4.78 is 0. The number of amidine groups is 1. The van der Waals surface area contributed by atoms with Gasteiger partial charge in [-0.25, -0.2) is 0 Å². The molecule has 0 saturated heterocycles. The maximum Gasteiger partial charge on any atom is 0.136 e. The first-order valence-corrected chi connectivity index (χ1v) is 7.40. The highest BCUT2D eigenvalue weighted by atomic mass is 35.5. The zero-order valence-corrected chi connectivity index (χ0v) is 12.1. The number of hydrogen-bond acceptors (Lipinski definition) is 2. The van der Waals surface area contributed by atoms with Crippen molar-refractivity contribution in [3.63, 3.8) is 0 Å². The molecule has 2 aromatic rings. The molecule has 0 aliphatic carbocycles. The van der Waals surface area contributed by atoms with Crippen molar-refractivity contribution < 1.29 is 0 Å². The number of benzene rings is 2. The number of anilines is 1. The zero-order valence-electron chi connectivity index (χ0n) is 11.3. The van der Waals surface area contributed by atoms with Crippen LogP contribution in [0.25, 0.3) is 11.1 Å². The van der Waals surface area contributed by atoms with E-state index in [0.717, 1.165) is 23.8 Å². The van der Waals surface area contributed by atoms with Gasteiger partial charge in [0.05, 0.1) is 11.7 Å². The Labute approximate surface area is 123 Å². The topological polar surface area (TPSA) is 15.6 Å². The summed E-state index contributed by atoms with van der Waals surface area (Å²) in [5, 5.41) is 0.783. The van der Waals surface area contributed by atoms with E-state index in [2.05, 4.69) is 48.2 Å². The fraction of sp³-hybridized carbons (Fsp3) is 0.235. The highest BCUT2D eigenvalue weighted by molar-refractivity contribution is 6.31. The van der Waals surface area contributed by atoms with E-state index < -0.39 is 0 Å². The van der Waals surface area contributed by atoms with E-state index in [-0.39, 0.29) is 0 Å². The zero-order chi connectivity index (χ0) is 13.7. The molecule has 100 valence electrons. The van der Waals surface area contributed by atoms with Crippen molar-refractivity contribution in [2.75, 3.05) is 11.4 Å². The molecule has 0 radical (unpaired) electrons. The third kappa shape index (κ3) is 1.61. The molecule has 0 bridgehead atoms. The van der Waals surface area contributed by atoms with Crippen LogP contribution >= 0.6 is 11.6 Å². The summed E-state index contributed by atoms with van der Waals surface area (Å²) in [6.07, 6.45) is 1.07. The maximum atomic E-state index is 6.19. The van der Waals surface area contributed by atoms with Crippen LogP contribution in [0.1, 0.15) is 18.9 Å². The van der Waals surface area contributed by atoms with Gasteiger partial charge in [0.2, 0.25) is 0 Å². The van der Waals surface area contributed by atoms with Crippen molar-refractivity contribution in [2.45, 2.75) is 19.4 Å². The summed E-state index contributed by atoms with van der Waals surface area (Å²) >= 11 is 6.19. The van der Waals surface area contributed by atoms with Crippen LogP contribution in [0, 0.1) is 0 Å². The van der Waals surface area contributed by atoms with Gasteiger partial charge in [-0.15, -0.1) is 0 Å². The van der Waals surface area contributed by atoms with Gasteiger partial charge in [-0.1, -0.05) is 42.8 Å². The van der Waals surface area contributed by atoms with Crippen LogP contribution in [0.4, 0.5) is 5.69 Å². The SMILES string of the molecule is CC[C@@H]1CN2C(=N1)c1ccccc1-c1cc(Cl)ccc12. The fourth-order valence-corrected chi connectivity index (χ4v) is 3.27. The molecule has 4 rings (SSSR count). The van der Waals surface area contributed by atoms with Crippen LogP contribution < -0.4 is 4.90 Å². The second kappa shape index (κ2) is 4.35. The van der Waals surface area contributed by atoms with Crippen LogP contribution in [0.5, 0.6) is 0 Å². The van der Waals surface area contributed by atoms with Crippen molar-refractivity contribution >= 4 is 23.1 Å². The minimum absolute atomic E-state index is 0.389. The Hall–Kier alpha value is -1.80. The number of hydrogen-bond donors (Lipinski definition) is 0. The van der Waals surface area contributed by atoms with Gasteiger partial charge in [0, 0.05) is 22.7 Å².